The van der Waals surface area contributed by atoms with Gasteiger partial charge in [0.05, 0.1) is 19.6 Å². The van der Waals surface area contributed by atoms with Crippen LogP contribution in [0.4, 0.5) is 0 Å². The van der Waals surface area contributed by atoms with Crippen LogP contribution in [-0.4, -0.2) is 40.0 Å². The number of carbonyl (C=O) groups excluding carboxylic acids is 1. The Morgan fingerprint density at radius 1 is 1.06 bits per heavy atom. The summed E-state index contributed by atoms with van der Waals surface area (Å²) in [6, 6.07) is 17.9. The quantitative estimate of drug-likeness (QED) is 0.228. The minimum absolute atomic E-state index is 0.255. The van der Waals surface area contributed by atoms with Crippen molar-refractivity contribution in [2.45, 2.75) is 23.6 Å². The van der Waals surface area contributed by atoms with Gasteiger partial charge in [0, 0.05) is 17.4 Å². The number of nitrogens with zero attached hydrogens (tertiary/aromatic N) is 3. The topological polar surface area (TPSA) is 66.2 Å². The van der Waals surface area contributed by atoms with Gasteiger partial charge in [0.1, 0.15) is 28.0 Å². The zero-order valence-electron chi connectivity index (χ0n) is 17.6. The molecule has 7 heteroatoms. The maximum atomic E-state index is 12.2. The zero-order chi connectivity index (χ0) is 21.8. The third-order valence-electron chi connectivity index (χ3n) is 5.07. The van der Waals surface area contributed by atoms with E-state index in [4.69, 9.17) is 9.47 Å². The van der Waals surface area contributed by atoms with Crippen molar-refractivity contribution in [1.29, 1.82) is 0 Å². The van der Waals surface area contributed by atoms with Crippen LogP contribution in [0, 0.1) is 0 Å². The highest BCUT2D eigenvalue weighted by molar-refractivity contribution is 8.00. The molecule has 6 nitrogen and oxygen atoms in total. The zero-order valence-corrected chi connectivity index (χ0v) is 18.4. The summed E-state index contributed by atoms with van der Waals surface area (Å²) < 4.78 is 12.3. The molecule has 0 N–H and O–H groups in total. The van der Waals surface area contributed by atoms with Gasteiger partial charge in [-0.1, -0.05) is 49.0 Å². The number of rotatable bonds is 7. The van der Waals surface area contributed by atoms with Crippen LogP contribution in [0.2, 0.25) is 0 Å². The Balaban J connectivity index is 1.92. The van der Waals surface area contributed by atoms with Crippen LogP contribution in [0.1, 0.15) is 13.3 Å². The molecule has 0 saturated carbocycles. The minimum atomic E-state index is -0.337. The molecule has 0 aliphatic heterocycles. The van der Waals surface area contributed by atoms with Crippen LogP contribution in [0.5, 0.6) is 5.75 Å². The lowest BCUT2D eigenvalue weighted by Gasteiger charge is -2.12. The third kappa shape index (κ3) is 4.14. The second kappa shape index (κ2) is 9.22. The van der Waals surface area contributed by atoms with Gasteiger partial charge in [0.15, 0.2) is 0 Å². The van der Waals surface area contributed by atoms with Gasteiger partial charge in [-0.05, 0) is 36.2 Å². The van der Waals surface area contributed by atoms with E-state index in [-0.39, 0.29) is 11.2 Å². The van der Waals surface area contributed by atoms with Crippen LogP contribution in [0.15, 0.2) is 72.1 Å². The Labute approximate surface area is 185 Å². The van der Waals surface area contributed by atoms with E-state index in [9.17, 15) is 4.79 Å². The second-order valence-electron chi connectivity index (χ2n) is 6.89. The summed E-state index contributed by atoms with van der Waals surface area (Å²) >= 11 is 1.42. The third-order valence-corrected chi connectivity index (χ3v) is 6.42. The van der Waals surface area contributed by atoms with Crippen LogP contribution >= 0.6 is 11.8 Å². The van der Waals surface area contributed by atoms with Crippen molar-refractivity contribution in [1.82, 2.24) is 14.5 Å². The monoisotopic (exact) mass is 433 g/mol. The van der Waals surface area contributed by atoms with Gasteiger partial charge in [0.2, 0.25) is 0 Å². The molecule has 0 amide bonds. The summed E-state index contributed by atoms with van der Waals surface area (Å²) in [5, 5.41) is 1.33. The average Bonchev–Trinajstić information content (AvgIpc) is 3.23. The number of benzene rings is 2. The molecule has 0 fully saturated rings. The largest absolute Gasteiger partial charge is 0.497 e. The molecule has 0 bridgehead atoms. The van der Waals surface area contributed by atoms with E-state index in [1.54, 1.807) is 13.4 Å². The highest BCUT2D eigenvalue weighted by Crippen LogP contribution is 2.38. The maximum Gasteiger partial charge on any atom is 0.319 e. The van der Waals surface area contributed by atoms with Gasteiger partial charge in [-0.15, -0.1) is 0 Å². The molecule has 4 aromatic rings. The summed E-state index contributed by atoms with van der Waals surface area (Å²) in [7, 11) is 3.06. The second-order valence-corrected chi connectivity index (χ2v) is 8.08. The molecular formula is C24H23N3O3S. The van der Waals surface area contributed by atoms with Crippen LogP contribution in [-0.2, 0) is 9.53 Å². The molecule has 31 heavy (non-hydrogen) atoms. The molecule has 0 saturated heterocycles. The fraction of sp³-hybridized carbons (Fsp3) is 0.208. The number of hydrogen-bond acceptors (Lipinski definition) is 6. The number of methoxy groups -OCH3 is 2. The van der Waals surface area contributed by atoms with Crippen molar-refractivity contribution in [3.63, 3.8) is 0 Å². The first-order valence-electron chi connectivity index (χ1n) is 9.96. The Bertz CT molecular complexity index is 1190. The molecule has 0 unspecified atom stereocenters. The van der Waals surface area contributed by atoms with E-state index in [1.807, 2.05) is 54.0 Å². The highest BCUT2D eigenvalue weighted by atomic mass is 32.2. The first-order valence-corrected chi connectivity index (χ1v) is 10.8. The van der Waals surface area contributed by atoms with E-state index >= 15 is 0 Å². The Hall–Kier alpha value is -3.32. The first kappa shape index (κ1) is 20.9. The van der Waals surface area contributed by atoms with Gasteiger partial charge in [-0.2, -0.15) is 0 Å². The maximum absolute atomic E-state index is 12.2. The molecule has 0 aliphatic carbocycles. The molecule has 2 aromatic carbocycles. The molecular weight excluding hydrogens is 410 g/mol. The van der Waals surface area contributed by atoms with E-state index in [1.165, 1.54) is 18.9 Å². The van der Waals surface area contributed by atoms with Gasteiger partial charge < -0.3 is 14.0 Å². The van der Waals surface area contributed by atoms with Crippen LogP contribution in [0.25, 0.3) is 27.8 Å². The smallest absolute Gasteiger partial charge is 0.319 e. The summed E-state index contributed by atoms with van der Waals surface area (Å²) in [6.07, 6.45) is 4.26. The van der Waals surface area contributed by atoms with Gasteiger partial charge >= 0.3 is 5.97 Å². The molecule has 4 rings (SSSR count). The summed E-state index contributed by atoms with van der Waals surface area (Å²) in [6.45, 7) is 1.97. The van der Waals surface area contributed by atoms with E-state index < -0.39 is 0 Å². The SMILES string of the molecule is CC[C@H](Sc1ncnc2c1c(-c1ccccc1)cn2-c1ccc(OC)cc1)C(=O)OC. The summed E-state index contributed by atoms with van der Waals surface area (Å²) in [5.41, 5.74) is 3.81. The van der Waals surface area contributed by atoms with E-state index in [0.717, 1.165) is 38.6 Å². The molecule has 1 atom stereocenters. The van der Waals surface area contributed by atoms with Crippen molar-refractivity contribution in [3.05, 3.63) is 67.1 Å². The molecule has 2 aromatic heterocycles. The number of thioether (sulfide) groups is 1. The number of fused-ring (bicyclic) bond motifs is 1. The van der Waals surface area contributed by atoms with Crippen molar-refractivity contribution in [2.75, 3.05) is 14.2 Å². The normalized spacial score (nSPS) is 12.0. The standard InChI is InChI=1S/C24H23N3O3S/c1-4-20(24(28)30-3)31-23-21-19(16-8-6-5-7-9-16)14-27(22(21)25-15-26-23)17-10-12-18(29-2)13-11-17/h5-15,20H,4H2,1-3H3/t20-/m0/s1. The summed E-state index contributed by atoms with van der Waals surface area (Å²) in [4.78, 5) is 21.4. The van der Waals surface area contributed by atoms with Gasteiger partial charge in [0.25, 0.3) is 0 Å². The van der Waals surface area contributed by atoms with Crippen molar-refractivity contribution >= 4 is 28.8 Å². The number of aromatic nitrogens is 3. The van der Waals surface area contributed by atoms with Crippen molar-refractivity contribution in [3.8, 4) is 22.6 Å². The van der Waals surface area contributed by atoms with Crippen LogP contribution in [0.3, 0.4) is 0 Å². The molecule has 0 aliphatic rings. The van der Waals surface area contributed by atoms with Crippen molar-refractivity contribution < 1.29 is 14.3 Å². The lowest BCUT2D eigenvalue weighted by Crippen LogP contribution is -2.17. The Morgan fingerprint density at radius 3 is 2.45 bits per heavy atom. The summed E-state index contributed by atoms with van der Waals surface area (Å²) in [5.74, 6) is 0.536. The molecule has 0 spiro atoms. The van der Waals surface area contributed by atoms with Crippen molar-refractivity contribution in [2.24, 2.45) is 0 Å². The van der Waals surface area contributed by atoms with Gasteiger partial charge in [-0.25, -0.2) is 9.97 Å². The predicted octanol–water partition coefficient (Wildman–Crippen LogP) is 5.14. The fourth-order valence-corrected chi connectivity index (χ4v) is 4.52. The molecule has 2 heterocycles. The number of esters is 1. The molecule has 0 radical (unpaired) electrons. The number of ether oxygens (including phenoxy) is 2. The Kier molecular flexibility index (Phi) is 6.23. The van der Waals surface area contributed by atoms with E-state index in [0.29, 0.717) is 6.42 Å². The van der Waals surface area contributed by atoms with Crippen LogP contribution < -0.4 is 4.74 Å². The average molecular weight is 434 g/mol. The lowest BCUT2D eigenvalue weighted by molar-refractivity contribution is -0.140. The number of hydrogen-bond donors (Lipinski definition) is 0. The lowest BCUT2D eigenvalue weighted by atomic mass is 10.1. The predicted molar refractivity (Wildman–Crippen MR) is 123 cm³/mol. The van der Waals surface area contributed by atoms with Gasteiger partial charge in [-0.3, -0.25) is 4.79 Å². The Morgan fingerprint density at radius 2 is 1.81 bits per heavy atom. The first-order chi connectivity index (χ1) is 15.2. The van der Waals surface area contributed by atoms with E-state index in [2.05, 4.69) is 28.3 Å². The highest BCUT2D eigenvalue weighted by Gasteiger charge is 2.24. The minimum Gasteiger partial charge on any atom is -0.497 e. The number of carbonyl (C=O) groups is 1. The molecule has 158 valence electrons. The fourth-order valence-electron chi connectivity index (χ4n) is 3.46.